The van der Waals surface area contributed by atoms with Crippen LogP contribution in [0.3, 0.4) is 0 Å². The van der Waals surface area contributed by atoms with Gasteiger partial charge in [0.1, 0.15) is 5.82 Å². The molecule has 0 bridgehead atoms. The molecule has 0 unspecified atom stereocenters. The molecule has 1 aliphatic rings. The molecule has 1 aromatic carbocycles. The molecular formula is C18H19F3N4O2. The van der Waals surface area contributed by atoms with Crippen molar-refractivity contribution in [2.24, 2.45) is 0 Å². The average Bonchev–Trinajstić information content (AvgIpc) is 2.61. The third-order valence-corrected chi connectivity index (χ3v) is 4.36. The van der Waals surface area contributed by atoms with E-state index in [2.05, 4.69) is 15.3 Å². The number of aromatic amines is 1. The Morgan fingerprint density at radius 1 is 1.37 bits per heavy atom. The second-order valence-electron chi connectivity index (χ2n) is 6.32. The molecule has 0 saturated carbocycles. The van der Waals surface area contributed by atoms with E-state index in [4.69, 9.17) is 0 Å². The number of hydrogen-bond donors (Lipinski definition) is 2. The summed E-state index contributed by atoms with van der Waals surface area (Å²) in [5, 5.41) is 2.69. The van der Waals surface area contributed by atoms with E-state index in [1.165, 1.54) is 11.0 Å². The molecule has 9 heteroatoms. The number of halogens is 3. The number of alkyl halides is 3. The van der Waals surface area contributed by atoms with Crippen LogP contribution in [0.25, 0.3) is 0 Å². The molecule has 1 aromatic heterocycles. The molecule has 0 atom stereocenters. The first kappa shape index (κ1) is 18.9. The van der Waals surface area contributed by atoms with Gasteiger partial charge in [0.2, 0.25) is 0 Å². The Hall–Kier alpha value is -2.84. The first-order chi connectivity index (χ1) is 12.8. The number of amides is 2. The van der Waals surface area contributed by atoms with Crippen molar-refractivity contribution in [1.29, 1.82) is 0 Å². The first-order valence-electron chi connectivity index (χ1n) is 8.57. The van der Waals surface area contributed by atoms with Gasteiger partial charge in [0.05, 0.1) is 23.4 Å². The summed E-state index contributed by atoms with van der Waals surface area (Å²) in [5.74, 6) is 0.310. The average molecular weight is 380 g/mol. The number of carbonyl (C=O) groups is 1. The van der Waals surface area contributed by atoms with Gasteiger partial charge in [-0.05, 0) is 18.6 Å². The standard InChI is InChI=1S/C18H19F3N4O2/c1-2-22-17(27)25-7-6-14-13(10-25)16(26)24-15(23-14)9-11-4-3-5-12(8-11)18(19,20)21/h3-5,8H,2,6-7,9-10H2,1H3,(H,22,27)(H,23,24,26). The van der Waals surface area contributed by atoms with E-state index in [0.29, 0.717) is 42.2 Å². The Bertz CT molecular complexity index is 908. The highest BCUT2D eigenvalue weighted by Crippen LogP contribution is 2.29. The Balaban J connectivity index is 1.82. The number of benzene rings is 1. The number of hydrogen-bond acceptors (Lipinski definition) is 3. The van der Waals surface area contributed by atoms with Crippen LogP contribution < -0.4 is 10.9 Å². The molecule has 6 nitrogen and oxygen atoms in total. The molecule has 2 heterocycles. The monoisotopic (exact) mass is 380 g/mol. The van der Waals surface area contributed by atoms with E-state index in [1.54, 1.807) is 6.07 Å². The molecule has 1 aliphatic heterocycles. The van der Waals surface area contributed by atoms with E-state index in [1.807, 2.05) is 6.92 Å². The maximum Gasteiger partial charge on any atom is 0.416 e. The van der Waals surface area contributed by atoms with Gasteiger partial charge in [-0.2, -0.15) is 13.2 Å². The summed E-state index contributed by atoms with van der Waals surface area (Å²) in [6.45, 7) is 2.89. The van der Waals surface area contributed by atoms with Gasteiger partial charge in [0.15, 0.2) is 0 Å². The van der Waals surface area contributed by atoms with E-state index in [-0.39, 0.29) is 24.6 Å². The maximum absolute atomic E-state index is 12.8. The normalized spacial score (nSPS) is 14.0. The third-order valence-electron chi connectivity index (χ3n) is 4.36. The number of H-pyrrole nitrogens is 1. The fourth-order valence-electron chi connectivity index (χ4n) is 3.05. The number of nitrogens with one attached hydrogen (secondary N) is 2. The summed E-state index contributed by atoms with van der Waals surface area (Å²) in [4.78, 5) is 32.9. The summed E-state index contributed by atoms with van der Waals surface area (Å²) >= 11 is 0. The lowest BCUT2D eigenvalue weighted by Gasteiger charge is -2.27. The summed E-state index contributed by atoms with van der Waals surface area (Å²) in [6, 6.07) is 4.71. The lowest BCUT2D eigenvalue weighted by atomic mass is 10.1. The second kappa shape index (κ2) is 7.42. The van der Waals surface area contributed by atoms with E-state index >= 15 is 0 Å². The Morgan fingerprint density at radius 2 is 2.15 bits per heavy atom. The van der Waals surface area contributed by atoms with E-state index < -0.39 is 11.7 Å². The van der Waals surface area contributed by atoms with Crippen molar-refractivity contribution in [2.45, 2.75) is 32.5 Å². The van der Waals surface area contributed by atoms with Gasteiger partial charge < -0.3 is 15.2 Å². The van der Waals surface area contributed by atoms with Crippen molar-refractivity contribution in [2.75, 3.05) is 13.1 Å². The van der Waals surface area contributed by atoms with Gasteiger partial charge in [-0.15, -0.1) is 0 Å². The van der Waals surface area contributed by atoms with Crippen LogP contribution in [0.4, 0.5) is 18.0 Å². The summed E-state index contributed by atoms with van der Waals surface area (Å²) in [5.41, 5.74) is 0.308. The minimum Gasteiger partial charge on any atom is -0.338 e. The highest BCUT2D eigenvalue weighted by Gasteiger charge is 2.30. The van der Waals surface area contributed by atoms with Crippen LogP contribution in [0, 0.1) is 0 Å². The van der Waals surface area contributed by atoms with Crippen LogP contribution in [0.1, 0.15) is 35.1 Å². The first-order valence-corrected chi connectivity index (χ1v) is 8.57. The van der Waals surface area contributed by atoms with Crippen molar-refractivity contribution in [3.05, 3.63) is 62.8 Å². The quantitative estimate of drug-likeness (QED) is 0.859. The number of carbonyl (C=O) groups excluding carboxylic acids is 1. The van der Waals surface area contributed by atoms with Gasteiger partial charge in [0, 0.05) is 25.9 Å². The molecule has 144 valence electrons. The Labute approximate surface area is 153 Å². The number of urea groups is 1. The zero-order valence-corrected chi connectivity index (χ0v) is 14.7. The fraction of sp³-hybridized carbons (Fsp3) is 0.389. The summed E-state index contributed by atoms with van der Waals surface area (Å²) in [7, 11) is 0. The zero-order valence-electron chi connectivity index (χ0n) is 14.7. The van der Waals surface area contributed by atoms with Gasteiger partial charge in [-0.25, -0.2) is 9.78 Å². The molecule has 2 aromatic rings. The summed E-state index contributed by atoms with van der Waals surface area (Å²) in [6.07, 6.45) is -3.91. The molecule has 0 aliphatic carbocycles. The van der Waals surface area contributed by atoms with Crippen LogP contribution in [0.15, 0.2) is 29.1 Å². The number of fused-ring (bicyclic) bond motifs is 1. The summed E-state index contributed by atoms with van der Waals surface area (Å²) < 4.78 is 38.5. The molecule has 0 radical (unpaired) electrons. The molecule has 27 heavy (non-hydrogen) atoms. The van der Waals surface area contributed by atoms with Crippen molar-refractivity contribution in [1.82, 2.24) is 20.2 Å². The van der Waals surface area contributed by atoms with E-state index in [0.717, 1.165) is 12.1 Å². The van der Waals surface area contributed by atoms with Gasteiger partial charge >= 0.3 is 12.2 Å². The minimum absolute atomic E-state index is 0.0898. The zero-order chi connectivity index (χ0) is 19.6. The second-order valence-corrected chi connectivity index (χ2v) is 6.32. The van der Waals surface area contributed by atoms with E-state index in [9.17, 15) is 22.8 Å². The molecular weight excluding hydrogens is 361 g/mol. The molecule has 0 spiro atoms. The molecule has 2 amide bonds. The highest BCUT2D eigenvalue weighted by atomic mass is 19.4. The Morgan fingerprint density at radius 3 is 2.85 bits per heavy atom. The fourth-order valence-corrected chi connectivity index (χ4v) is 3.05. The van der Waals surface area contributed by atoms with Crippen molar-refractivity contribution in [3.8, 4) is 0 Å². The largest absolute Gasteiger partial charge is 0.416 e. The van der Waals surface area contributed by atoms with Crippen LogP contribution in [0.2, 0.25) is 0 Å². The van der Waals surface area contributed by atoms with Crippen LogP contribution in [-0.2, 0) is 25.6 Å². The smallest absolute Gasteiger partial charge is 0.338 e. The van der Waals surface area contributed by atoms with Gasteiger partial charge in [-0.3, -0.25) is 4.79 Å². The van der Waals surface area contributed by atoms with Crippen LogP contribution in [0.5, 0.6) is 0 Å². The highest BCUT2D eigenvalue weighted by molar-refractivity contribution is 5.74. The van der Waals surface area contributed by atoms with Crippen LogP contribution >= 0.6 is 0 Å². The van der Waals surface area contributed by atoms with Crippen molar-refractivity contribution >= 4 is 6.03 Å². The number of nitrogens with zero attached hydrogens (tertiary/aromatic N) is 2. The molecule has 2 N–H and O–H groups in total. The lowest BCUT2D eigenvalue weighted by molar-refractivity contribution is -0.137. The van der Waals surface area contributed by atoms with Gasteiger partial charge in [-0.1, -0.05) is 18.2 Å². The molecule has 3 rings (SSSR count). The maximum atomic E-state index is 12.8. The van der Waals surface area contributed by atoms with Gasteiger partial charge in [0.25, 0.3) is 5.56 Å². The van der Waals surface area contributed by atoms with Crippen molar-refractivity contribution in [3.63, 3.8) is 0 Å². The Kier molecular flexibility index (Phi) is 5.20. The topological polar surface area (TPSA) is 78.1 Å². The van der Waals surface area contributed by atoms with Crippen LogP contribution in [-0.4, -0.2) is 34.0 Å². The predicted molar refractivity (Wildman–Crippen MR) is 92.3 cm³/mol. The third kappa shape index (κ3) is 4.29. The molecule has 0 saturated heterocycles. The van der Waals surface area contributed by atoms with Crippen molar-refractivity contribution < 1.29 is 18.0 Å². The molecule has 0 fully saturated rings. The number of aromatic nitrogens is 2. The predicted octanol–water partition coefficient (Wildman–Crippen LogP) is 2.47. The number of rotatable bonds is 3. The lowest BCUT2D eigenvalue weighted by Crippen LogP contribution is -2.44. The minimum atomic E-state index is -4.42. The SMILES string of the molecule is CCNC(=O)N1CCc2nc(Cc3cccc(C(F)(F)F)c3)[nH]c(=O)c2C1.